The molecule has 0 atom stereocenters. The fraction of sp³-hybridized carbons (Fsp3) is 0.222. The van der Waals surface area contributed by atoms with Crippen molar-refractivity contribution in [2.45, 2.75) is 25.7 Å². The van der Waals surface area contributed by atoms with Gasteiger partial charge >= 0.3 is 0 Å². The highest BCUT2D eigenvalue weighted by atomic mass is 32.1. The van der Waals surface area contributed by atoms with Crippen molar-refractivity contribution in [2.75, 3.05) is 5.32 Å². The van der Waals surface area contributed by atoms with Crippen LogP contribution in [-0.2, 0) is 0 Å². The van der Waals surface area contributed by atoms with Gasteiger partial charge < -0.3 is 4.57 Å². The molecule has 1 fully saturated rings. The molecular formula is C18H17N3OS. The van der Waals surface area contributed by atoms with Crippen LogP contribution in [0.25, 0.3) is 5.69 Å². The molecule has 0 bridgehead atoms. The number of rotatable bonds is 4. The predicted octanol–water partition coefficient (Wildman–Crippen LogP) is 4.37. The average molecular weight is 323 g/mol. The molecule has 1 saturated carbocycles. The summed E-state index contributed by atoms with van der Waals surface area (Å²) in [6.45, 7) is 2.04. The first-order valence-corrected chi connectivity index (χ1v) is 8.59. The molecule has 1 amide bonds. The zero-order valence-corrected chi connectivity index (χ0v) is 13.6. The molecule has 3 aromatic rings. The van der Waals surface area contributed by atoms with Crippen molar-refractivity contribution >= 4 is 22.4 Å². The number of carbonyl (C=O) groups excluding carboxylic acids is 1. The first kappa shape index (κ1) is 14.2. The third-order valence-electron chi connectivity index (χ3n) is 4.09. The van der Waals surface area contributed by atoms with Gasteiger partial charge in [0, 0.05) is 34.9 Å². The lowest BCUT2D eigenvalue weighted by Gasteiger charge is -2.10. The molecule has 0 spiro atoms. The predicted molar refractivity (Wildman–Crippen MR) is 92.5 cm³/mol. The molecule has 0 unspecified atom stereocenters. The number of amides is 1. The third-order valence-corrected chi connectivity index (χ3v) is 4.87. The van der Waals surface area contributed by atoms with Crippen molar-refractivity contribution in [2.24, 2.45) is 0 Å². The van der Waals surface area contributed by atoms with E-state index in [0.717, 1.165) is 16.9 Å². The molecule has 5 heteroatoms. The number of thiazole rings is 1. The molecule has 116 valence electrons. The topological polar surface area (TPSA) is 46.9 Å². The molecular weight excluding hydrogens is 306 g/mol. The van der Waals surface area contributed by atoms with Crippen LogP contribution in [0.15, 0.2) is 48.1 Å². The van der Waals surface area contributed by atoms with Crippen LogP contribution in [0.4, 0.5) is 5.13 Å². The average Bonchev–Trinajstić information content (AvgIpc) is 3.07. The molecule has 1 aliphatic carbocycles. The van der Waals surface area contributed by atoms with Crippen molar-refractivity contribution in [3.8, 4) is 5.69 Å². The smallest absolute Gasteiger partial charge is 0.257 e. The lowest BCUT2D eigenvalue weighted by molar-refractivity contribution is 0.102. The molecule has 4 rings (SSSR count). The monoisotopic (exact) mass is 323 g/mol. The van der Waals surface area contributed by atoms with Gasteiger partial charge in [-0.2, -0.15) is 0 Å². The van der Waals surface area contributed by atoms with E-state index < -0.39 is 0 Å². The van der Waals surface area contributed by atoms with E-state index in [9.17, 15) is 4.79 Å². The number of aromatic nitrogens is 2. The number of hydrogen-bond acceptors (Lipinski definition) is 3. The van der Waals surface area contributed by atoms with E-state index >= 15 is 0 Å². The second kappa shape index (κ2) is 5.66. The molecule has 0 radical (unpaired) electrons. The Morgan fingerprint density at radius 3 is 2.83 bits per heavy atom. The fourth-order valence-corrected chi connectivity index (χ4v) is 3.39. The maximum Gasteiger partial charge on any atom is 0.257 e. The van der Waals surface area contributed by atoms with Crippen LogP contribution in [0, 0.1) is 6.92 Å². The van der Waals surface area contributed by atoms with E-state index in [1.54, 1.807) is 0 Å². The van der Waals surface area contributed by atoms with Crippen molar-refractivity contribution < 1.29 is 4.79 Å². The Balaban J connectivity index is 1.56. The second-order valence-corrected chi connectivity index (χ2v) is 6.76. The van der Waals surface area contributed by atoms with E-state index in [4.69, 9.17) is 0 Å². The van der Waals surface area contributed by atoms with Crippen LogP contribution in [0.2, 0.25) is 0 Å². The summed E-state index contributed by atoms with van der Waals surface area (Å²) in [6.07, 6.45) is 6.39. The molecule has 4 nitrogen and oxygen atoms in total. The van der Waals surface area contributed by atoms with E-state index in [0.29, 0.717) is 16.6 Å². The molecule has 0 aliphatic heterocycles. The number of aryl methyl sites for hydroxylation is 1. The van der Waals surface area contributed by atoms with Gasteiger partial charge in [-0.15, -0.1) is 11.3 Å². The number of anilines is 1. The summed E-state index contributed by atoms with van der Waals surface area (Å²) >= 11 is 1.50. The Hall–Kier alpha value is -2.40. The summed E-state index contributed by atoms with van der Waals surface area (Å²) < 4.78 is 2.01. The highest BCUT2D eigenvalue weighted by Crippen LogP contribution is 2.40. The molecule has 1 N–H and O–H groups in total. The Labute approximate surface area is 138 Å². The van der Waals surface area contributed by atoms with Crippen LogP contribution in [0.5, 0.6) is 0 Å². The Kier molecular flexibility index (Phi) is 3.50. The lowest BCUT2D eigenvalue weighted by atomic mass is 10.1. The second-order valence-electron chi connectivity index (χ2n) is 5.90. The summed E-state index contributed by atoms with van der Waals surface area (Å²) in [5.41, 5.74) is 3.90. The van der Waals surface area contributed by atoms with Crippen molar-refractivity contribution in [1.82, 2.24) is 9.55 Å². The zero-order valence-electron chi connectivity index (χ0n) is 12.8. The minimum atomic E-state index is -0.116. The van der Waals surface area contributed by atoms with Gasteiger partial charge in [0.05, 0.1) is 5.69 Å². The summed E-state index contributed by atoms with van der Waals surface area (Å²) in [6, 6.07) is 9.69. The third kappa shape index (κ3) is 2.92. The first-order valence-electron chi connectivity index (χ1n) is 7.71. The molecule has 23 heavy (non-hydrogen) atoms. The van der Waals surface area contributed by atoms with E-state index in [1.807, 2.05) is 59.6 Å². The van der Waals surface area contributed by atoms with Crippen LogP contribution in [0.1, 0.15) is 40.4 Å². The lowest BCUT2D eigenvalue weighted by Crippen LogP contribution is -2.12. The van der Waals surface area contributed by atoms with Gasteiger partial charge in [-0.25, -0.2) is 4.98 Å². The van der Waals surface area contributed by atoms with Gasteiger partial charge in [0.1, 0.15) is 0 Å². The van der Waals surface area contributed by atoms with Gasteiger partial charge in [-0.1, -0.05) is 6.07 Å². The highest BCUT2D eigenvalue weighted by Gasteiger charge is 2.26. The van der Waals surface area contributed by atoms with Crippen LogP contribution >= 0.6 is 11.3 Å². The maximum absolute atomic E-state index is 12.5. The van der Waals surface area contributed by atoms with Crippen LogP contribution < -0.4 is 5.32 Å². The summed E-state index contributed by atoms with van der Waals surface area (Å²) in [7, 11) is 0. The van der Waals surface area contributed by atoms with Gasteiger partial charge in [0.2, 0.25) is 0 Å². The van der Waals surface area contributed by atoms with Crippen LogP contribution in [0.3, 0.4) is 0 Å². The quantitative estimate of drug-likeness (QED) is 0.775. The first-order chi connectivity index (χ1) is 11.2. The summed E-state index contributed by atoms with van der Waals surface area (Å²) in [5, 5.41) is 5.64. The summed E-state index contributed by atoms with van der Waals surface area (Å²) in [4.78, 5) is 17.0. The van der Waals surface area contributed by atoms with Crippen LogP contribution in [-0.4, -0.2) is 15.5 Å². The minimum absolute atomic E-state index is 0.116. The highest BCUT2D eigenvalue weighted by molar-refractivity contribution is 7.14. The van der Waals surface area contributed by atoms with Gasteiger partial charge in [-0.05, 0) is 49.6 Å². The largest absolute Gasteiger partial charge is 0.324 e. The number of carbonyl (C=O) groups is 1. The normalized spacial score (nSPS) is 14.0. The molecule has 1 aromatic carbocycles. The van der Waals surface area contributed by atoms with E-state index in [-0.39, 0.29) is 5.91 Å². The number of nitrogens with one attached hydrogen (secondary N) is 1. The van der Waals surface area contributed by atoms with Gasteiger partial charge in [-0.3, -0.25) is 10.1 Å². The molecule has 2 heterocycles. The number of benzene rings is 1. The Morgan fingerprint density at radius 2 is 2.09 bits per heavy atom. The fourth-order valence-electron chi connectivity index (χ4n) is 2.60. The van der Waals surface area contributed by atoms with E-state index in [2.05, 4.69) is 10.3 Å². The van der Waals surface area contributed by atoms with E-state index in [1.165, 1.54) is 24.2 Å². The van der Waals surface area contributed by atoms with Crippen molar-refractivity contribution in [1.29, 1.82) is 0 Å². The molecule has 1 aliphatic rings. The standard InChI is InChI=1S/C18H17N3OS/c1-12-4-5-14(10-16(12)21-8-2-3-9-21)17(22)20-18-19-15(11-23-18)13-6-7-13/h2-5,8-11,13H,6-7H2,1H3,(H,19,20,22). The van der Waals surface area contributed by atoms with Gasteiger partial charge in [0.25, 0.3) is 5.91 Å². The minimum Gasteiger partial charge on any atom is -0.324 e. The van der Waals surface area contributed by atoms with Crippen molar-refractivity contribution in [3.63, 3.8) is 0 Å². The molecule has 2 aromatic heterocycles. The van der Waals surface area contributed by atoms with Crippen molar-refractivity contribution in [3.05, 3.63) is 64.9 Å². The number of nitrogens with zero attached hydrogens (tertiary/aromatic N) is 2. The zero-order chi connectivity index (χ0) is 15.8. The Bertz CT molecular complexity index is 847. The number of hydrogen-bond donors (Lipinski definition) is 1. The SMILES string of the molecule is Cc1ccc(C(=O)Nc2nc(C3CC3)cs2)cc1-n1cccc1. The maximum atomic E-state index is 12.5. The van der Waals surface area contributed by atoms with Gasteiger partial charge in [0.15, 0.2) is 5.13 Å². The molecule has 0 saturated heterocycles. The summed E-state index contributed by atoms with van der Waals surface area (Å²) in [5.74, 6) is 0.492. The Morgan fingerprint density at radius 1 is 1.30 bits per heavy atom.